The second-order valence-electron chi connectivity index (χ2n) is 3.94. The number of hydrogen-bond acceptors (Lipinski definition) is 2. The average Bonchev–Trinajstić information content (AvgIpc) is 2.18. The van der Waals surface area contributed by atoms with Gasteiger partial charge in [-0.3, -0.25) is 0 Å². The Kier molecular flexibility index (Phi) is 4.77. The highest BCUT2D eigenvalue weighted by atomic mass is 79.9. The van der Waals surface area contributed by atoms with E-state index in [4.69, 9.17) is 4.74 Å². The largest absolute Gasteiger partial charge is 0.387 e. The maximum absolute atomic E-state index is 10.0. The number of benzene rings is 1. The van der Waals surface area contributed by atoms with Gasteiger partial charge in [0.25, 0.3) is 0 Å². The SMILES string of the molecule is CCOCC(C)(O)Cc1ccc(Br)cc1. The summed E-state index contributed by atoms with van der Waals surface area (Å²) in [6, 6.07) is 7.97. The van der Waals surface area contributed by atoms with Crippen molar-refractivity contribution in [3.63, 3.8) is 0 Å². The second-order valence-corrected chi connectivity index (χ2v) is 4.85. The minimum absolute atomic E-state index is 0.375. The van der Waals surface area contributed by atoms with Crippen LogP contribution in [-0.4, -0.2) is 23.9 Å². The molecule has 0 fully saturated rings. The van der Waals surface area contributed by atoms with Crippen molar-refractivity contribution in [1.29, 1.82) is 0 Å². The number of hydrogen-bond donors (Lipinski definition) is 1. The first-order valence-electron chi connectivity index (χ1n) is 5.08. The van der Waals surface area contributed by atoms with Crippen LogP contribution < -0.4 is 0 Å². The number of ether oxygens (including phenoxy) is 1. The van der Waals surface area contributed by atoms with E-state index in [2.05, 4.69) is 15.9 Å². The third-order valence-corrected chi connectivity index (χ3v) is 2.64. The minimum Gasteiger partial charge on any atom is -0.387 e. The number of halogens is 1. The van der Waals surface area contributed by atoms with E-state index in [0.717, 1.165) is 10.0 Å². The van der Waals surface area contributed by atoms with Crippen molar-refractivity contribution >= 4 is 15.9 Å². The Morgan fingerprint density at radius 3 is 2.47 bits per heavy atom. The van der Waals surface area contributed by atoms with E-state index in [9.17, 15) is 5.11 Å². The van der Waals surface area contributed by atoms with Gasteiger partial charge in [-0.25, -0.2) is 0 Å². The lowest BCUT2D eigenvalue weighted by atomic mass is 9.97. The highest BCUT2D eigenvalue weighted by Crippen LogP contribution is 2.16. The van der Waals surface area contributed by atoms with E-state index in [1.54, 1.807) is 6.92 Å². The third kappa shape index (κ3) is 4.78. The highest BCUT2D eigenvalue weighted by molar-refractivity contribution is 9.10. The van der Waals surface area contributed by atoms with Gasteiger partial charge in [0.2, 0.25) is 0 Å². The van der Waals surface area contributed by atoms with Crippen LogP contribution in [0.1, 0.15) is 19.4 Å². The summed E-state index contributed by atoms with van der Waals surface area (Å²) in [5.74, 6) is 0. The Morgan fingerprint density at radius 2 is 1.93 bits per heavy atom. The molecule has 1 atom stereocenters. The lowest BCUT2D eigenvalue weighted by molar-refractivity contribution is -0.0296. The average molecular weight is 273 g/mol. The summed E-state index contributed by atoms with van der Waals surface area (Å²) in [4.78, 5) is 0. The van der Waals surface area contributed by atoms with Crippen molar-refractivity contribution in [3.8, 4) is 0 Å². The summed E-state index contributed by atoms with van der Waals surface area (Å²) in [7, 11) is 0. The molecule has 1 rings (SSSR count). The molecule has 1 unspecified atom stereocenters. The molecule has 0 aromatic heterocycles. The molecule has 0 radical (unpaired) electrons. The molecule has 0 saturated carbocycles. The fraction of sp³-hybridized carbons (Fsp3) is 0.500. The number of rotatable bonds is 5. The van der Waals surface area contributed by atoms with Gasteiger partial charge >= 0.3 is 0 Å². The Labute approximate surface area is 99.4 Å². The summed E-state index contributed by atoms with van der Waals surface area (Å²) in [6.45, 7) is 4.73. The lowest BCUT2D eigenvalue weighted by Crippen LogP contribution is -2.33. The summed E-state index contributed by atoms with van der Waals surface area (Å²) >= 11 is 3.38. The van der Waals surface area contributed by atoms with Crippen LogP contribution in [0.15, 0.2) is 28.7 Å². The normalized spacial score (nSPS) is 14.9. The Bertz CT molecular complexity index is 293. The molecule has 0 aliphatic heterocycles. The van der Waals surface area contributed by atoms with E-state index in [1.165, 1.54) is 0 Å². The van der Waals surface area contributed by atoms with Crippen LogP contribution in [0.25, 0.3) is 0 Å². The van der Waals surface area contributed by atoms with Gasteiger partial charge in [-0.1, -0.05) is 28.1 Å². The van der Waals surface area contributed by atoms with Gasteiger partial charge in [-0.05, 0) is 31.5 Å². The first kappa shape index (κ1) is 12.7. The van der Waals surface area contributed by atoms with Crippen molar-refractivity contribution < 1.29 is 9.84 Å². The molecule has 0 bridgehead atoms. The fourth-order valence-corrected chi connectivity index (χ4v) is 1.68. The zero-order valence-electron chi connectivity index (χ0n) is 9.16. The summed E-state index contributed by atoms with van der Waals surface area (Å²) in [5, 5.41) is 10.0. The van der Waals surface area contributed by atoms with Crippen molar-refractivity contribution in [2.75, 3.05) is 13.2 Å². The minimum atomic E-state index is -0.788. The van der Waals surface area contributed by atoms with Gasteiger partial charge in [-0.15, -0.1) is 0 Å². The molecule has 15 heavy (non-hydrogen) atoms. The van der Waals surface area contributed by atoms with E-state index in [0.29, 0.717) is 19.6 Å². The molecule has 84 valence electrons. The lowest BCUT2D eigenvalue weighted by Gasteiger charge is -2.22. The van der Waals surface area contributed by atoms with E-state index in [1.807, 2.05) is 31.2 Å². The molecule has 0 spiro atoms. The quantitative estimate of drug-likeness (QED) is 0.893. The van der Waals surface area contributed by atoms with E-state index in [-0.39, 0.29) is 0 Å². The second kappa shape index (κ2) is 5.64. The molecule has 1 aromatic carbocycles. The maximum Gasteiger partial charge on any atom is 0.0892 e. The van der Waals surface area contributed by atoms with Gasteiger partial charge in [0, 0.05) is 17.5 Å². The molecule has 0 aliphatic rings. The van der Waals surface area contributed by atoms with Gasteiger partial charge in [0.1, 0.15) is 0 Å². The Balaban J connectivity index is 2.56. The van der Waals surface area contributed by atoms with Gasteiger partial charge in [0.15, 0.2) is 0 Å². The van der Waals surface area contributed by atoms with Crippen molar-refractivity contribution in [2.24, 2.45) is 0 Å². The van der Waals surface area contributed by atoms with Gasteiger partial charge in [-0.2, -0.15) is 0 Å². The molecule has 0 amide bonds. The number of aliphatic hydroxyl groups is 1. The smallest absolute Gasteiger partial charge is 0.0892 e. The van der Waals surface area contributed by atoms with Crippen LogP contribution in [-0.2, 0) is 11.2 Å². The topological polar surface area (TPSA) is 29.5 Å². The summed E-state index contributed by atoms with van der Waals surface area (Å²) < 4.78 is 6.29. The molecular weight excluding hydrogens is 256 g/mol. The van der Waals surface area contributed by atoms with Crippen molar-refractivity contribution in [1.82, 2.24) is 0 Å². The van der Waals surface area contributed by atoms with Gasteiger partial charge < -0.3 is 9.84 Å². The first-order valence-corrected chi connectivity index (χ1v) is 5.87. The van der Waals surface area contributed by atoms with Crippen LogP contribution in [0.4, 0.5) is 0 Å². The molecular formula is C12H17BrO2. The maximum atomic E-state index is 10.0. The predicted molar refractivity (Wildman–Crippen MR) is 65.0 cm³/mol. The highest BCUT2D eigenvalue weighted by Gasteiger charge is 2.20. The predicted octanol–water partition coefficient (Wildman–Crippen LogP) is 2.78. The third-order valence-electron chi connectivity index (χ3n) is 2.12. The monoisotopic (exact) mass is 272 g/mol. The van der Waals surface area contributed by atoms with Crippen LogP contribution in [0, 0.1) is 0 Å². The summed E-state index contributed by atoms with van der Waals surface area (Å²) in [5.41, 5.74) is 0.326. The molecule has 3 heteroatoms. The van der Waals surface area contributed by atoms with Crippen LogP contribution in [0.3, 0.4) is 0 Å². The van der Waals surface area contributed by atoms with Gasteiger partial charge in [0.05, 0.1) is 12.2 Å². The molecule has 0 heterocycles. The van der Waals surface area contributed by atoms with Crippen molar-refractivity contribution in [3.05, 3.63) is 34.3 Å². The Morgan fingerprint density at radius 1 is 1.33 bits per heavy atom. The van der Waals surface area contributed by atoms with Crippen LogP contribution >= 0.6 is 15.9 Å². The Hall–Kier alpha value is -0.380. The zero-order valence-corrected chi connectivity index (χ0v) is 10.8. The first-order chi connectivity index (χ1) is 7.03. The van der Waals surface area contributed by atoms with Crippen LogP contribution in [0.5, 0.6) is 0 Å². The van der Waals surface area contributed by atoms with E-state index < -0.39 is 5.60 Å². The van der Waals surface area contributed by atoms with Crippen molar-refractivity contribution in [2.45, 2.75) is 25.9 Å². The molecule has 2 nitrogen and oxygen atoms in total. The zero-order chi connectivity index (χ0) is 11.3. The molecule has 1 N–H and O–H groups in total. The summed E-state index contributed by atoms with van der Waals surface area (Å²) in [6.07, 6.45) is 0.611. The molecule has 0 saturated heterocycles. The molecule has 0 aliphatic carbocycles. The molecule has 1 aromatic rings. The standard InChI is InChI=1S/C12H17BrO2/c1-3-15-9-12(2,14)8-10-4-6-11(13)7-5-10/h4-7,14H,3,8-9H2,1-2H3. The van der Waals surface area contributed by atoms with Crippen LogP contribution in [0.2, 0.25) is 0 Å². The van der Waals surface area contributed by atoms with E-state index >= 15 is 0 Å². The fourth-order valence-electron chi connectivity index (χ4n) is 1.41.